The summed E-state index contributed by atoms with van der Waals surface area (Å²) in [7, 11) is 1.66. The van der Waals surface area contributed by atoms with Crippen molar-refractivity contribution in [1.82, 2.24) is 14.6 Å². The van der Waals surface area contributed by atoms with Crippen LogP contribution in [0.1, 0.15) is 37.2 Å². The lowest BCUT2D eigenvalue weighted by Gasteiger charge is -2.28. The maximum absolute atomic E-state index is 6.37. The van der Waals surface area contributed by atoms with E-state index >= 15 is 0 Å². The van der Waals surface area contributed by atoms with Gasteiger partial charge in [0, 0.05) is 35.8 Å². The maximum Gasteiger partial charge on any atom is 0.177 e. The van der Waals surface area contributed by atoms with Crippen molar-refractivity contribution in [2.24, 2.45) is 5.73 Å². The van der Waals surface area contributed by atoms with Crippen LogP contribution in [0.15, 0.2) is 36.7 Å². The molecule has 0 radical (unpaired) electrons. The van der Waals surface area contributed by atoms with Gasteiger partial charge in [0.05, 0.1) is 12.8 Å². The van der Waals surface area contributed by atoms with Crippen LogP contribution in [0.25, 0.3) is 5.65 Å². The molecule has 0 amide bonds. The summed E-state index contributed by atoms with van der Waals surface area (Å²) in [5, 5.41) is 8.01. The Morgan fingerprint density at radius 3 is 2.81 bits per heavy atom. The van der Waals surface area contributed by atoms with E-state index in [4.69, 9.17) is 16.2 Å². The molecule has 136 valence electrons. The molecule has 26 heavy (non-hydrogen) atoms. The van der Waals surface area contributed by atoms with Gasteiger partial charge in [0.1, 0.15) is 11.6 Å². The molecule has 0 aliphatic heterocycles. The number of fused-ring (bicyclic) bond motifs is 1. The topological polar surface area (TPSA) is 103 Å². The molecular weight excluding hydrogens is 328 g/mol. The highest BCUT2D eigenvalue weighted by Crippen LogP contribution is 2.41. The Morgan fingerprint density at radius 1 is 1.23 bits per heavy atom. The van der Waals surface area contributed by atoms with Crippen LogP contribution in [-0.4, -0.2) is 27.7 Å². The molecule has 0 saturated heterocycles. The zero-order chi connectivity index (χ0) is 18.1. The number of hydrogen-bond donors (Lipinski definition) is 3. The number of nitrogens with two attached hydrogens (primary N) is 2. The van der Waals surface area contributed by atoms with E-state index in [2.05, 4.69) is 15.4 Å². The Morgan fingerprint density at radius 2 is 2.04 bits per heavy atom. The standard InChI is InChI=1S/C19H24N6O/c1-26-15-4-2-3-14(11-15)23-17-16(12-5-7-13(20)8-6-12)18(21)24-25-10-9-22-19(17)25/h2-4,9-13,23H,5-8,20H2,1H3,(H2,21,24). The predicted octanol–water partition coefficient (Wildman–Crippen LogP) is 3.05. The van der Waals surface area contributed by atoms with Crippen molar-refractivity contribution in [2.45, 2.75) is 37.6 Å². The first kappa shape index (κ1) is 16.7. The molecule has 1 saturated carbocycles. The third-order valence-electron chi connectivity index (χ3n) is 5.13. The first-order chi connectivity index (χ1) is 12.7. The largest absolute Gasteiger partial charge is 0.497 e. The van der Waals surface area contributed by atoms with Crippen LogP contribution >= 0.6 is 0 Å². The van der Waals surface area contributed by atoms with E-state index in [-0.39, 0.29) is 6.04 Å². The van der Waals surface area contributed by atoms with Crippen LogP contribution in [0.2, 0.25) is 0 Å². The van der Waals surface area contributed by atoms with E-state index in [1.54, 1.807) is 17.8 Å². The average Bonchev–Trinajstić information content (AvgIpc) is 3.11. The zero-order valence-electron chi connectivity index (χ0n) is 14.9. The number of nitrogens with one attached hydrogen (secondary N) is 1. The SMILES string of the molecule is COc1cccc(Nc2c(C3CCC(N)CC3)c(N)nn3ccnc23)c1. The first-order valence-electron chi connectivity index (χ1n) is 8.95. The van der Waals surface area contributed by atoms with E-state index in [1.807, 2.05) is 30.5 Å². The average molecular weight is 352 g/mol. The van der Waals surface area contributed by atoms with E-state index in [0.29, 0.717) is 11.7 Å². The van der Waals surface area contributed by atoms with Crippen molar-refractivity contribution in [1.29, 1.82) is 0 Å². The summed E-state index contributed by atoms with van der Waals surface area (Å²) in [6, 6.07) is 8.11. The van der Waals surface area contributed by atoms with Crippen LogP contribution in [0.5, 0.6) is 5.75 Å². The molecular formula is C19H24N6O. The van der Waals surface area contributed by atoms with Crippen LogP contribution in [0, 0.1) is 0 Å². The molecule has 0 unspecified atom stereocenters. The number of imidazole rings is 1. The van der Waals surface area contributed by atoms with Gasteiger partial charge in [0.15, 0.2) is 5.65 Å². The van der Waals surface area contributed by atoms with Gasteiger partial charge in [0.25, 0.3) is 0 Å². The molecule has 1 fully saturated rings. The normalized spacial score (nSPS) is 20.2. The predicted molar refractivity (Wildman–Crippen MR) is 103 cm³/mol. The molecule has 3 aromatic rings. The Bertz CT molecular complexity index is 914. The number of rotatable bonds is 4. The third-order valence-corrected chi connectivity index (χ3v) is 5.13. The number of nitrogens with zero attached hydrogens (tertiary/aromatic N) is 3. The van der Waals surface area contributed by atoms with E-state index in [9.17, 15) is 0 Å². The number of nitrogen functional groups attached to an aromatic ring is 1. The summed E-state index contributed by atoms with van der Waals surface area (Å²) in [6.45, 7) is 0. The lowest BCUT2D eigenvalue weighted by atomic mass is 9.81. The minimum atomic E-state index is 0.283. The molecule has 1 aliphatic carbocycles. The second-order valence-corrected chi connectivity index (χ2v) is 6.84. The Balaban J connectivity index is 1.80. The van der Waals surface area contributed by atoms with Gasteiger partial charge in [-0.3, -0.25) is 0 Å². The monoisotopic (exact) mass is 352 g/mol. The fourth-order valence-corrected chi connectivity index (χ4v) is 3.76. The molecule has 0 atom stereocenters. The highest BCUT2D eigenvalue weighted by Gasteiger charge is 2.27. The summed E-state index contributed by atoms with van der Waals surface area (Å²) < 4.78 is 7.05. The zero-order valence-corrected chi connectivity index (χ0v) is 14.9. The first-order valence-corrected chi connectivity index (χ1v) is 8.95. The van der Waals surface area contributed by atoms with Gasteiger partial charge in [-0.15, -0.1) is 5.10 Å². The molecule has 1 aromatic carbocycles. The molecule has 1 aliphatic rings. The second-order valence-electron chi connectivity index (χ2n) is 6.84. The van der Waals surface area contributed by atoms with Gasteiger partial charge in [-0.2, -0.15) is 0 Å². The van der Waals surface area contributed by atoms with E-state index < -0.39 is 0 Å². The molecule has 0 spiro atoms. The lowest BCUT2D eigenvalue weighted by Crippen LogP contribution is -2.26. The fourth-order valence-electron chi connectivity index (χ4n) is 3.76. The highest BCUT2D eigenvalue weighted by atomic mass is 16.5. The molecule has 4 rings (SSSR count). The maximum atomic E-state index is 6.37. The van der Waals surface area contributed by atoms with Crippen molar-refractivity contribution in [3.8, 4) is 5.75 Å². The van der Waals surface area contributed by atoms with Gasteiger partial charge >= 0.3 is 0 Å². The van der Waals surface area contributed by atoms with Crippen LogP contribution < -0.4 is 21.5 Å². The molecule has 0 bridgehead atoms. The van der Waals surface area contributed by atoms with Crippen LogP contribution in [0.3, 0.4) is 0 Å². The second kappa shape index (κ2) is 6.84. The van der Waals surface area contributed by atoms with E-state index in [1.165, 1.54) is 0 Å². The van der Waals surface area contributed by atoms with Gasteiger partial charge in [-0.1, -0.05) is 6.07 Å². The van der Waals surface area contributed by atoms with E-state index in [0.717, 1.165) is 54.0 Å². The van der Waals surface area contributed by atoms with Crippen LogP contribution in [0.4, 0.5) is 17.2 Å². The quantitative estimate of drug-likeness (QED) is 0.667. The fraction of sp³-hybridized carbons (Fsp3) is 0.368. The Hall–Kier alpha value is -2.80. The number of anilines is 3. The van der Waals surface area contributed by atoms with Crippen LogP contribution in [-0.2, 0) is 0 Å². The minimum absolute atomic E-state index is 0.283. The molecule has 5 N–H and O–H groups in total. The number of methoxy groups -OCH3 is 1. The van der Waals surface area contributed by atoms with Crippen molar-refractivity contribution >= 4 is 22.8 Å². The molecule has 2 heterocycles. The van der Waals surface area contributed by atoms with Crippen molar-refractivity contribution in [2.75, 3.05) is 18.2 Å². The van der Waals surface area contributed by atoms with Gasteiger partial charge in [0.2, 0.25) is 0 Å². The number of hydrogen-bond acceptors (Lipinski definition) is 6. The van der Waals surface area contributed by atoms with Gasteiger partial charge in [-0.05, 0) is 43.7 Å². The number of aromatic nitrogens is 3. The summed E-state index contributed by atoms with van der Waals surface area (Å²) in [5.74, 6) is 1.67. The number of ether oxygens (including phenoxy) is 1. The molecule has 7 heteroatoms. The lowest BCUT2D eigenvalue weighted by molar-refractivity contribution is 0.396. The van der Waals surface area contributed by atoms with Gasteiger partial charge < -0.3 is 21.5 Å². The molecule has 2 aromatic heterocycles. The summed E-state index contributed by atoms with van der Waals surface area (Å²) in [6.07, 6.45) is 7.57. The van der Waals surface area contributed by atoms with Crippen molar-refractivity contribution < 1.29 is 4.74 Å². The highest BCUT2D eigenvalue weighted by molar-refractivity contribution is 5.81. The van der Waals surface area contributed by atoms with Gasteiger partial charge in [-0.25, -0.2) is 9.50 Å². The Labute approximate surface area is 152 Å². The Kier molecular flexibility index (Phi) is 4.38. The van der Waals surface area contributed by atoms with Crippen molar-refractivity contribution in [3.63, 3.8) is 0 Å². The third kappa shape index (κ3) is 3.06. The smallest absolute Gasteiger partial charge is 0.177 e. The number of benzene rings is 1. The minimum Gasteiger partial charge on any atom is -0.497 e. The summed E-state index contributed by atoms with van der Waals surface area (Å²) >= 11 is 0. The summed E-state index contributed by atoms with van der Waals surface area (Å²) in [4.78, 5) is 4.50. The summed E-state index contributed by atoms with van der Waals surface area (Å²) in [5.41, 5.74) is 16.1. The molecule has 7 nitrogen and oxygen atoms in total. The van der Waals surface area contributed by atoms with Crippen molar-refractivity contribution in [3.05, 3.63) is 42.2 Å².